The van der Waals surface area contributed by atoms with Crippen LogP contribution in [0.3, 0.4) is 0 Å². The number of nitrogens with one attached hydrogen (secondary N) is 1. The number of rotatable bonds is 5. The van der Waals surface area contributed by atoms with Gasteiger partial charge in [-0.1, -0.05) is 6.42 Å². The molecule has 0 spiro atoms. The summed E-state index contributed by atoms with van der Waals surface area (Å²) in [6.07, 6.45) is 5.83. The number of carbonyl (C=O) groups is 1. The molecule has 0 radical (unpaired) electrons. The van der Waals surface area contributed by atoms with Gasteiger partial charge in [-0.25, -0.2) is 14.4 Å². The van der Waals surface area contributed by atoms with E-state index in [2.05, 4.69) is 20.3 Å². The Bertz CT molecular complexity index is 854. The largest absolute Gasteiger partial charge is 0.469 e. The van der Waals surface area contributed by atoms with Crippen LogP contribution in [0.25, 0.3) is 11.3 Å². The average Bonchev–Trinajstić information content (AvgIpc) is 2.68. The average molecular weight is 388 g/mol. The van der Waals surface area contributed by atoms with Gasteiger partial charge in [0.15, 0.2) is 5.82 Å². The molecule has 0 bridgehead atoms. The number of nitrogens with zero attached hydrogens (tertiary/aromatic N) is 3. The number of halogens is 1. The Balaban J connectivity index is 1.81. The van der Waals surface area contributed by atoms with Gasteiger partial charge in [-0.05, 0) is 45.2 Å². The zero-order valence-corrected chi connectivity index (χ0v) is 16.3. The van der Waals surface area contributed by atoms with E-state index < -0.39 is 11.4 Å². The summed E-state index contributed by atoms with van der Waals surface area (Å²) in [5, 5.41) is 13.4. The summed E-state index contributed by atoms with van der Waals surface area (Å²) >= 11 is 0. The van der Waals surface area contributed by atoms with Crippen LogP contribution in [0.15, 0.2) is 24.5 Å². The van der Waals surface area contributed by atoms with Crippen molar-refractivity contribution in [1.82, 2.24) is 15.0 Å². The molecule has 1 saturated carbocycles. The molecule has 8 heteroatoms. The molecule has 0 unspecified atom stereocenters. The third-order valence-corrected chi connectivity index (χ3v) is 4.95. The van der Waals surface area contributed by atoms with Crippen molar-refractivity contribution in [3.05, 3.63) is 36.0 Å². The predicted molar refractivity (Wildman–Crippen MR) is 102 cm³/mol. The summed E-state index contributed by atoms with van der Waals surface area (Å²) in [5.41, 5.74) is -0.0893. The van der Waals surface area contributed by atoms with Crippen LogP contribution >= 0.6 is 0 Å². The molecular weight excluding hydrogens is 363 g/mol. The zero-order chi connectivity index (χ0) is 20.3. The predicted octanol–water partition coefficient (Wildman–Crippen LogP) is 3.05. The summed E-state index contributed by atoms with van der Waals surface area (Å²) in [4.78, 5) is 24.3. The number of anilines is 1. The van der Waals surface area contributed by atoms with Crippen LogP contribution in [0.2, 0.25) is 0 Å². The van der Waals surface area contributed by atoms with E-state index in [1.807, 2.05) is 0 Å². The van der Waals surface area contributed by atoms with Gasteiger partial charge in [-0.2, -0.15) is 0 Å². The first-order valence-corrected chi connectivity index (χ1v) is 9.34. The Morgan fingerprint density at radius 1 is 1.36 bits per heavy atom. The minimum Gasteiger partial charge on any atom is -0.469 e. The molecule has 2 heterocycles. The van der Waals surface area contributed by atoms with E-state index in [0.717, 1.165) is 25.5 Å². The topological polar surface area (TPSA) is 97.2 Å². The van der Waals surface area contributed by atoms with E-state index in [1.54, 1.807) is 26.0 Å². The summed E-state index contributed by atoms with van der Waals surface area (Å²) in [7, 11) is 1.39. The minimum atomic E-state index is -1.15. The first-order chi connectivity index (χ1) is 13.3. The van der Waals surface area contributed by atoms with E-state index in [4.69, 9.17) is 4.74 Å². The molecule has 2 aromatic heterocycles. The van der Waals surface area contributed by atoms with Crippen molar-refractivity contribution in [1.29, 1.82) is 0 Å². The number of hydrogen-bond acceptors (Lipinski definition) is 7. The molecule has 7 nitrogen and oxygen atoms in total. The highest BCUT2D eigenvalue weighted by molar-refractivity contribution is 5.72. The van der Waals surface area contributed by atoms with Gasteiger partial charge in [0, 0.05) is 17.8 Å². The Hall–Kier alpha value is -2.61. The lowest BCUT2D eigenvalue weighted by atomic mass is 9.86. The second kappa shape index (κ2) is 8.18. The van der Waals surface area contributed by atoms with Gasteiger partial charge in [-0.3, -0.25) is 9.78 Å². The molecule has 2 atom stereocenters. The molecule has 2 N–H and O–H groups in total. The standard InChI is InChI=1S/C20H25FN4O3/c1-20(2,27)16-10-12(7-8-22-16)17-15(21)11-23-19(25-17)24-14-6-4-5-13(9-14)18(26)28-3/h7-8,10-11,13-14,27H,4-6,9H2,1-3H3,(H,23,24,25)/t13-,14+/m0/s1. The van der Waals surface area contributed by atoms with Crippen LogP contribution in [-0.2, 0) is 15.1 Å². The summed E-state index contributed by atoms with van der Waals surface area (Å²) in [6, 6.07) is 3.27. The fourth-order valence-electron chi connectivity index (χ4n) is 3.44. The van der Waals surface area contributed by atoms with Gasteiger partial charge in [0.25, 0.3) is 0 Å². The van der Waals surface area contributed by atoms with Crippen LogP contribution in [0.4, 0.5) is 10.3 Å². The smallest absolute Gasteiger partial charge is 0.308 e. The van der Waals surface area contributed by atoms with E-state index in [-0.39, 0.29) is 23.6 Å². The minimum absolute atomic E-state index is 0.0144. The first kappa shape index (κ1) is 20.1. The first-order valence-electron chi connectivity index (χ1n) is 9.34. The maximum atomic E-state index is 14.4. The molecule has 1 fully saturated rings. The quantitative estimate of drug-likeness (QED) is 0.760. The number of methoxy groups -OCH3 is 1. The number of aromatic nitrogens is 3. The van der Waals surface area contributed by atoms with E-state index in [9.17, 15) is 14.3 Å². The van der Waals surface area contributed by atoms with Gasteiger partial charge in [0.1, 0.15) is 11.3 Å². The molecule has 1 aliphatic carbocycles. The summed E-state index contributed by atoms with van der Waals surface area (Å²) < 4.78 is 19.2. The molecule has 0 amide bonds. The van der Waals surface area contributed by atoms with Crippen LogP contribution in [-0.4, -0.2) is 39.2 Å². The molecule has 2 aromatic rings. The second-order valence-corrected chi connectivity index (χ2v) is 7.61. The number of pyridine rings is 1. The zero-order valence-electron chi connectivity index (χ0n) is 16.3. The van der Waals surface area contributed by atoms with Crippen molar-refractivity contribution in [2.75, 3.05) is 12.4 Å². The van der Waals surface area contributed by atoms with Gasteiger partial charge >= 0.3 is 5.97 Å². The van der Waals surface area contributed by atoms with Crippen molar-refractivity contribution < 1.29 is 19.0 Å². The van der Waals surface area contributed by atoms with Crippen LogP contribution in [0, 0.1) is 11.7 Å². The normalized spacial score (nSPS) is 19.9. The lowest BCUT2D eigenvalue weighted by Gasteiger charge is -2.28. The summed E-state index contributed by atoms with van der Waals surface area (Å²) in [5.74, 6) is -0.614. The lowest BCUT2D eigenvalue weighted by Crippen LogP contribution is -2.32. The molecule has 150 valence electrons. The Kier molecular flexibility index (Phi) is 5.88. The maximum Gasteiger partial charge on any atom is 0.308 e. The monoisotopic (exact) mass is 388 g/mol. The highest BCUT2D eigenvalue weighted by Gasteiger charge is 2.28. The molecule has 0 aromatic carbocycles. The van der Waals surface area contributed by atoms with E-state index >= 15 is 0 Å². The van der Waals surface area contributed by atoms with Crippen molar-refractivity contribution in [3.63, 3.8) is 0 Å². The second-order valence-electron chi connectivity index (χ2n) is 7.61. The van der Waals surface area contributed by atoms with Crippen molar-refractivity contribution in [3.8, 4) is 11.3 Å². The van der Waals surface area contributed by atoms with Gasteiger partial charge in [-0.15, -0.1) is 0 Å². The number of esters is 1. The Morgan fingerprint density at radius 3 is 2.86 bits per heavy atom. The highest BCUT2D eigenvalue weighted by atomic mass is 19.1. The number of carbonyl (C=O) groups excluding carboxylic acids is 1. The molecule has 28 heavy (non-hydrogen) atoms. The molecule has 0 aliphatic heterocycles. The fraction of sp³-hybridized carbons (Fsp3) is 0.500. The van der Waals surface area contributed by atoms with Crippen molar-refractivity contribution in [2.45, 2.75) is 51.2 Å². The van der Waals surface area contributed by atoms with Crippen molar-refractivity contribution >= 4 is 11.9 Å². The van der Waals surface area contributed by atoms with E-state index in [0.29, 0.717) is 23.6 Å². The van der Waals surface area contributed by atoms with Crippen LogP contribution in [0.1, 0.15) is 45.2 Å². The Labute approximate surface area is 163 Å². The van der Waals surface area contributed by atoms with Crippen LogP contribution in [0.5, 0.6) is 0 Å². The van der Waals surface area contributed by atoms with E-state index in [1.165, 1.54) is 13.3 Å². The third-order valence-electron chi connectivity index (χ3n) is 4.95. The Morgan fingerprint density at radius 2 is 2.14 bits per heavy atom. The highest BCUT2D eigenvalue weighted by Crippen LogP contribution is 2.29. The van der Waals surface area contributed by atoms with Crippen LogP contribution < -0.4 is 5.32 Å². The van der Waals surface area contributed by atoms with Gasteiger partial charge < -0.3 is 15.2 Å². The number of aliphatic hydroxyl groups is 1. The fourth-order valence-corrected chi connectivity index (χ4v) is 3.44. The molecular formula is C20H25FN4O3. The lowest BCUT2D eigenvalue weighted by molar-refractivity contribution is -0.146. The maximum absolute atomic E-state index is 14.4. The SMILES string of the molecule is COC(=O)[C@H]1CCC[C@@H](Nc2ncc(F)c(-c3ccnc(C(C)(C)O)c3)n2)C1. The molecule has 3 rings (SSSR count). The van der Waals surface area contributed by atoms with Gasteiger partial charge in [0.2, 0.25) is 5.95 Å². The summed E-state index contributed by atoms with van der Waals surface area (Å²) in [6.45, 7) is 3.23. The van der Waals surface area contributed by atoms with Crippen molar-refractivity contribution in [2.24, 2.45) is 5.92 Å². The molecule has 0 saturated heterocycles. The van der Waals surface area contributed by atoms with Gasteiger partial charge in [0.05, 0.1) is 24.9 Å². The number of hydrogen-bond donors (Lipinski definition) is 2. The number of ether oxygens (including phenoxy) is 1. The third kappa shape index (κ3) is 4.62. The molecule has 1 aliphatic rings.